The molecule has 0 aliphatic heterocycles. The average Bonchev–Trinajstić information content (AvgIpc) is 2.46. The van der Waals surface area contributed by atoms with E-state index in [0.717, 1.165) is 11.4 Å². The Morgan fingerprint density at radius 2 is 2.25 bits per heavy atom. The van der Waals surface area contributed by atoms with Gasteiger partial charge in [-0.3, -0.25) is 0 Å². The van der Waals surface area contributed by atoms with Gasteiger partial charge >= 0.3 is 0 Å². The molecule has 1 aromatic carbocycles. The zero-order valence-electron chi connectivity index (χ0n) is 6.51. The van der Waals surface area contributed by atoms with E-state index in [1.54, 1.807) is 11.3 Å². The number of benzene rings is 1. The predicted molar refractivity (Wildman–Crippen MR) is 55.9 cm³/mol. The van der Waals surface area contributed by atoms with Gasteiger partial charge in [-0.25, -0.2) is 0 Å². The number of fused-ring (bicyclic) bond motifs is 1. The first kappa shape index (κ1) is 8.09. The molecule has 2 heteroatoms. The molecule has 1 radical (unpaired) electrons. The van der Waals surface area contributed by atoms with Crippen LogP contribution in [0.1, 0.15) is 5.56 Å². The van der Waals surface area contributed by atoms with Crippen LogP contribution in [-0.2, 0) is 6.42 Å². The van der Waals surface area contributed by atoms with E-state index in [4.69, 9.17) is 11.6 Å². The predicted octanol–water partition coefficient (Wildman–Crippen LogP) is 3.93. The van der Waals surface area contributed by atoms with Gasteiger partial charge < -0.3 is 0 Å². The van der Waals surface area contributed by atoms with E-state index in [0.29, 0.717) is 0 Å². The van der Waals surface area contributed by atoms with Gasteiger partial charge in [0.15, 0.2) is 0 Å². The highest BCUT2D eigenvalue weighted by Crippen LogP contribution is 2.28. The van der Waals surface area contributed by atoms with Crippen molar-refractivity contribution in [2.45, 2.75) is 6.42 Å². The Hall–Kier alpha value is -0.530. The third-order valence-corrected chi connectivity index (χ3v) is 3.13. The summed E-state index contributed by atoms with van der Waals surface area (Å²) >= 11 is 7.64. The fourth-order valence-electron chi connectivity index (χ4n) is 1.25. The molecule has 0 unspecified atom stereocenters. The summed E-state index contributed by atoms with van der Waals surface area (Å²) in [7, 11) is 0. The Bertz CT molecular complexity index is 403. The molecule has 0 atom stereocenters. The maximum absolute atomic E-state index is 5.89. The van der Waals surface area contributed by atoms with E-state index >= 15 is 0 Å². The summed E-state index contributed by atoms with van der Waals surface area (Å²) in [6.45, 7) is 3.87. The lowest BCUT2D eigenvalue weighted by atomic mass is 10.1. The molecule has 0 saturated carbocycles. The fraction of sp³-hybridized carbons (Fsp3) is 0.100. The minimum Gasteiger partial charge on any atom is -0.144 e. The van der Waals surface area contributed by atoms with Gasteiger partial charge in [0.1, 0.15) is 0 Å². The highest BCUT2D eigenvalue weighted by molar-refractivity contribution is 7.17. The third-order valence-electron chi connectivity index (χ3n) is 1.89. The first-order valence-corrected chi connectivity index (χ1v) is 5.02. The minimum absolute atomic E-state index is 0.801. The number of halogens is 1. The number of thiophene rings is 1. The molecule has 1 heterocycles. The molecular weight excluding hydrogens is 188 g/mol. The molecule has 0 spiro atoms. The smallest absolute Gasteiger partial charge is 0.0413 e. The molecule has 0 bridgehead atoms. The second-order valence-corrected chi connectivity index (χ2v) is 4.00. The van der Waals surface area contributed by atoms with Gasteiger partial charge in [0, 0.05) is 9.72 Å². The number of rotatable bonds is 1. The van der Waals surface area contributed by atoms with Gasteiger partial charge in [0.05, 0.1) is 0 Å². The summed E-state index contributed by atoms with van der Waals surface area (Å²) < 4.78 is 1.29. The molecule has 0 aliphatic carbocycles. The maximum Gasteiger partial charge on any atom is 0.0413 e. The van der Waals surface area contributed by atoms with Crippen LogP contribution in [0.2, 0.25) is 5.02 Å². The zero-order valence-corrected chi connectivity index (χ0v) is 8.08. The Kier molecular flexibility index (Phi) is 2.07. The van der Waals surface area contributed by atoms with Gasteiger partial charge in [-0.05, 0) is 47.9 Å². The molecule has 0 fully saturated rings. The Morgan fingerprint density at radius 3 is 3.00 bits per heavy atom. The van der Waals surface area contributed by atoms with Gasteiger partial charge in [-0.1, -0.05) is 11.6 Å². The van der Waals surface area contributed by atoms with Crippen molar-refractivity contribution >= 4 is 33.0 Å². The van der Waals surface area contributed by atoms with Gasteiger partial charge in [-0.2, -0.15) is 0 Å². The lowest BCUT2D eigenvalue weighted by Crippen LogP contribution is -1.74. The van der Waals surface area contributed by atoms with Crippen LogP contribution in [0.4, 0.5) is 0 Å². The van der Waals surface area contributed by atoms with Crippen LogP contribution in [0.3, 0.4) is 0 Å². The van der Waals surface area contributed by atoms with Crippen molar-refractivity contribution < 1.29 is 0 Å². The van der Waals surface area contributed by atoms with Gasteiger partial charge in [-0.15, -0.1) is 11.3 Å². The SMILES string of the molecule is [CH2]Cc1csc2ccc(Cl)cc12. The second-order valence-electron chi connectivity index (χ2n) is 2.65. The Labute approximate surface area is 80.8 Å². The zero-order chi connectivity index (χ0) is 8.55. The molecule has 12 heavy (non-hydrogen) atoms. The van der Waals surface area contributed by atoms with Crippen LogP contribution in [0.15, 0.2) is 23.6 Å². The summed E-state index contributed by atoms with van der Waals surface area (Å²) in [6, 6.07) is 5.99. The van der Waals surface area contributed by atoms with Crippen molar-refractivity contribution in [3.8, 4) is 0 Å². The third kappa shape index (κ3) is 1.23. The average molecular weight is 196 g/mol. The van der Waals surface area contributed by atoms with Crippen LogP contribution >= 0.6 is 22.9 Å². The summed E-state index contributed by atoms with van der Waals surface area (Å²) in [5, 5.41) is 4.20. The maximum atomic E-state index is 5.89. The van der Waals surface area contributed by atoms with Crippen molar-refractivity contribution in [3.05, 3.63) is 41.1 Å². The number of hydrogen-bond acceptors (Lipinski definition) is 1. The molecule has 0 saturated heterocycles. The summed E-state index contributed by atoms with van der Waals surface area (Å²) in [5.74, 6) is 0. The van der Waals surface area contributed by atoms with Crippen LogP contribution < -0.4 is 0 Å². The van der Waals surface area contributed by atoms with E-state index in [1.807, 2.05) is 12.1 Å². The molecule has 61 valence electrons. The topological polar surface area (TPSA) is 0 Å². The quantitative estimate of drug-likeness (QED) is 0.647. The molecule has 1 aromatic heterocycles. The normalized spacial score (nSPS) is 10.8. The van der Waals surface area contributed by atoms with E-state index in [-0.39, 0.29) is 0 Å². The Morgan fingerprint density at radius 1 is 1.42 bits per heavy atom. The van der Waals surface area contributed by atoms with E-state index < -0.39 is 0 Å². The Balaban J connectivity index is 2.75. The molecule has 2 rings (SSSR count). The molecular formula is C10H8ClS. The molecule has 0 amide bonds. The standard InChI is InChI=1S/C10H8ClS/c1-2-7-6-12-10-4-3-8(11)5-9(7)10/h3-6H,1-2H2. The number of hydrogen-bond donors (Lipinski definition) is 0. The largest absolute Gasteiger partial charge is 0.144 e. The molecule has 2 aromatic rings. The van der Waals surface area contributed by atoms with Gasteiger partial charge in [0.2, 0.25) is 0 Å². The minimum atomic E-state index is 0.801. The fourth-order valence-corrected chi connectivity index (χ4v) is 2.40. The van der Waals surface area contributed by atoms with E-state index in [1.165, 1.54) is 15.6 Å². The highest BCUT2D eigenvalue weighted by Gasteiger charge is 2.01. The van der Waals surface area contributed by atoms with Crippen LogP contribution in [-0.4, -0.2) is 0 Å². The first-order valence-electron chi connectivity index (χ1n) is 3.76. The molecule has 0 nitrogen and oxygen atoms in total. The molecule has 0 aliphatic rings. The summed E-state index contributed by atoms with van der Waals surface area (Å²) in [5.41, 5.74) is 1.29. The lowest BCUT2D eigenvalue weighted by molar-refractivity contribution is 1.33. The van der Waals surface area contributed by atoms with E-state index in [2.05, 4.69) is 18.4 Å². The van der Waals surface area contributed by atoms with Crippen molar-refractivity contribution in [1.82, 2.24) is 0 Å². The molecule has 0 N–H and O–H groups in total. The monoisotopic (exact) mass is 195 g/mol. The van der Waals surface area contributed by atoms with Gasteiger partial charge in [0.25, 0.3) is 0 Å². The second kappa shape index (κ2) is 3.08. The lowest BCUT2D eigenvalue weighted by Gasteiger charge is -1.93. The van der Waals surface area contributed by atoms with Crippen molar-refractivity contribution in [1.29, 1.82) is 0 Å². The van der Waals surface area contributed by atoms with E-state index in [9.17, 15) is 0 Å². The first-order chi connectivity index (χ1) is 5.81. The van der Waals surface area contributed by atoms with Crippen LogP contribution in [0.5, 0.6) is 0 Å². The van der Waals surface area contributed by atoms with Crippen LogP contribution in [0.25, 0.3) is 10.1 Å². The van der Waals surface area contributed by atoms with Crippen molar-refractivity contribution in [2.24, 2.45) is 0 Å². The summed E-state index contributed by atoms with van der Waals surface area (Å²) in [6.07, 6.45) is 0.834. The van der Waals surface area contributed by atoms with Crippen molar-refractivity contribution in [3.63, 3.8) is 0 Å². The van der Waals surface area contributed by atoms with Crippen LogP contribution in [0, 0.1) is 6.92 Å². The summed E-state index contributed by atoms with van der Waals surface area (Å²) in [4.78, 5) is 0. The van der Waals surface area contributed by atoms with Crippen molar-refractivity contribution in [2.75, 3.05) is 0 Å². The highest BCUT2D eigenvalue weighted by atomic mass is 35.5.